The van der Waals surface area contributed by atoms with Gasteiger partial charge in [-0.1, -0.05) is 35.3 Å². The van der Waals surface area contributed by atoms with Crippen LogP contribution >= 0.6 is 35.4 Å². The van der Waals surface area contributed by atoms with Gasteiger partial charge in [-0.15, -0.1) is 0 Å². The minimum atomic E-state index is -0.251. The third-order valence-electron chi connectivity index (χ3n) is 5.88. The smallest absolute Gasteiger partial charge is 0.174 e. The standard InChI is InChI=1S/C26H22Cl2N4OS/c1-31(2)16-9-11-17(12-10-16)32-25(24(30-26(32)34)20-8-3-4-15-29-20)22-14-13-21(33-22)18-6-5-7-19(27)23(18)28/h3-15,24-25H,1-2H3,(H,30,34)/t24-,25-/m0/s1. The highest BCUT2D eigenvalue weighted by Gasteiger charge is 2.42. The summed E-state index contributed by atoms with van der Waals surface area (Å²) >= 11 is 18.5. The number of halogens is 2. The summed E-state index contributed by atoms with van der Waals surface area (Å²) < 4.78 is 6.38. The molecule has 0 unspecified atom stereocenters. The summed E-state index contributed by atoms with van der Waals surface area (Å²) in [5, 5.41) is 5.00. The minimum absolute atomic E-state index is 0.198. The molecule has 4 aromatic rings. The molecule has 5 rings (SSSR count). The maximum Gasteiger partial charge on any atom is 0.174 e. The van der Waals surface area contributed by atoms with Crippen molar-refractivity contribution in [2.45, 2.75) is 12.1 Å². The third kappa shape index (κ3) is 4.13. The van der Waals surface area contributed by atoms with E-state index in [0.29, 0.717) is 20.9 Å². The number of benzene rings is 2. The van der Waals surface area contributed by atoms with Crippen molar-refractivity contribution >= 4 is 51.9 Å². The lowest BCUT2D eigenvalue weighted by atomic mass is 10.0. The Hall–Kier alpha value is -3.06. The van der Waals surface area contributed by atoms with Gasteiger partial charge in [0.05, 0.1) is 21.8 Å². The fourth-order valence-electron chi connectivity index (χ4n) is 4.18. The van der Waals surface area contributed by atoms with Crippen LogP contribution in [0, 0.1) is 0 Å². The number of thiocarbonyl (C=S) groups is 1. The third-order valence-corrected chi connectivity index (χ3v) is 7.01. The topological polar surface area (TPSA) is 44.5 Å². The van der Waals surface area contributed by atoms with Crippen molar-refractivity contribution in [2.24, 2.45) is 0 Å². The molecule has 0 radical (unpaired) electrons. The molecule has 5 nitrogen and oxygen atoms in total. The second kappa shape index (κ2) is 9.29. The average Bonchev–Trinajstić information content (AvgIpc) is 3.46. The van der Waals surface area contributed by atoms with Crippen LogP contribution < -0.4 is 15.1 Å². The van der Waals surface area contributed by atoms with Gasteiger partial charge in [0.25, 0.3) is 0 Å². The molecule has 0 spiro atoms. The SMILES string of the molecule is CN(C)c1ccc(N2C(=S)N[C@@H](c3ccccn3)[C@@H]2c2ccc(-c3cccc(Cl)c3Cl)o2)cc1. The summed E-state index contributed by atoms with van der Waals surface area (Å²) in [6.45, 7) is 0. The molecule has 0 saturated carbocycles. The number of aromatic nitrogens is 1. The van der Waals surface area contributed by atoms with Crippen LogP contribution in [-0.4, -0.2) is 24.2 Å². The lowest BCUT2D eigenvalue weighted by molar-refractivity contribution is 0.439. The van der Waals surface area contributed by atoms with Gasteiger partial charge in [0.1, 0.15) is 17.6 Å². The van der Waals surface area contributed by atoms with Gasteiger partial charge in [0.15, 0.2) is 5.11 Å². The van der Waals surface area contributed by atoms with Crippen LogP contribution in [0.2, 0.25) is 10.0 Å². The van der Waals surface area contributed by atoms with Gasteiger partial charge in [-0.2, -0.15) is 0 Å². The van der Waals surface area contributed by atoms with Crippen molar-refractivity contribution in [3.05, 3.63) is 100 Å². The Kier molecular flexibility index (Phi) is 6.21. The van der Waals surface area contributed by atoms with Gasteiger partial charge in [0.2, 0.25) is 0 Å². The first-order valence-corrected chi connectivity index (χ1v) is 11.9. The molecule has 2 atom stereocenters. The Labute approximate surface area is 213 Å². The lowest BCUT2D eigenvalue weighted by Gasteiger charge is -2.26. The summed E-state index contributed by atoms with van der Waals surface area (Å²) in [4.78, 5) is 8.73. The number of hydrogen-bond donors (Lipinski definition) is 1. The molecular weight excluding hydrogens is 487 g/mol. The quantitative estimate of drug-likeness (QED) is 0.296. The lowest BCUT2D eigenvalue weighted by Crippen LogP contribution is -2.29. The second-order valence-electron chi connectivity index (χ2n) is 8.21. The molecule has 2 aromatic carbocycles. The zero-order chi connectivity index (χ0) is 23.8. The predicted octanol–water partition coefficient (Wildman–Crippen LogP) is 6.89. The van der Waals surface area contributed by atoms with E-state index in [1.165, 1.54) is 0 Å². The van der Waals surface area contributed by atoms with E-state index in [1.54, 1.807) is 12.3 Å². The molecule has 0 bridgehead atoms. The zero-order valence-corrected chi connectivity index (χ0v) is 20.9. The van der Waals surface area contributed by atoms with E-state index in [4.69, 9.17) is 39.8 Å². The van der Waals surface area contributed by atoms with E-state index in [0.717, 1.165) is 28.4 Å². The van der Waals surface area contributed by atoms with Gasteiger partial charge in [0, 0.05) is 37.2 Å². The summed E-state index contributed by atoms with van der Waals surface area (Å²) in [6.07, 6.45) is 1.78. The number of nitrogens with one attached hydrogen (secondary N) is 1. The number of hydrogen-bond acceptors (Lipinski definition) is 4. The normalized spacial score (nSPS) is 17.6. The second-order valence-corrected chi connectivity index (χ2v) is 9.38. The number of furan rings is 1. The Balaban J connectivity index is 1.59. The summed E-state index contributed by atoms with van der Waals surface area (Å²) in [7, 11) is 4.03. The molecule has 1 saturated heterocycles. The Morgan fingerprint density at radius 3 is 2.47 bits per heavy atom. The van der Waals surface area contributed by atoms with Crippen molar-refractivity contribution in [3.63, 3.8) is 0 Å². The highest BCUT2D eigenvalue weighted by molar-refractivity contribution is 7.80. The van der Waals surface area contributed by atoms with E-state index in [-0.39, 0.29) is 12.1 Å². The first-order chi connectivity index (χ1) is 16.4. The van der Waals surface area contributed by atoms with Gasteiger partial charge < -0.3 is 19.5 Å². The minimum Gasteiger partial charge on any atom is -0.459 e. The Morgan fingerprint density at radius 1 is 0.971 bits per heavy atom. The molecule has 0 aliphatic carbocycles. The largest absolute Gasteiger partial charge is 0.459 e. The first-order valence-electron chi connectivity index (χ1n) is 10.8. The molecule has 3 heterocycles. The molecule has 8 heteroatoms. The maximum absolute atomic E-state index is 6.46. The summed E-state index contributed by atoms with van der Waals surface area (Å²) in [6, 6.07) is 23.1. The van der Waals surface area contributed by atoms with Crippen LogP contribution in [-0.2, 0) is 0 Å². The average molecular weight is 509 g/mol. The number of anilines is 2. The van der Waals surface area contributed by atoms with Crippen LogP contribution in [0.1, 0.15) is 23.5 Å². The number of nitrogens with zero attached hydrogens (tertiary/aromatic N) is 3. The summed E-state index contributed by atoms with van der Waals surface area (Å²) in [5.41, 5.74) is 3.69. The van der Waals surface area contributed by atoms with Crippen LogP contribution in [0.15, 0.2) is 83.4 Å². The summed E-state index contributed by atoms with van der Waals surface area (Å²) in [5.74, 6) is 1.38. The predicted molar refractivity (Wildman–Crippen MR) is 143 cm³/mol. The molecule has 1 fully saturated rings. The van der Waals surface area contributed by atoms with Gasteiger partial charge in [-0.3, -0.25) is 4.98 Å². The van der Waals surface area contributed by atoms with Crippen LogP contribution in [0.4, 0.5) is 11.4 Å². The molecule has 1 aliphatic rings. The van der Waals surface area contributed by atoms with Gasteiger partial charge in [-0.25, -0.2) is 0 Å². The van der Waals surface area contributed by atoms with E-state index in [1.807, 2.05) is 56.6 Å². The first kappa shape index (κ1) is 22.7. The molecular formula is C26H22Cl2N4OS. The van der Waals surface area contributed by atoms with Crippen molar-refractivity contribution in [1.82, 2.24) is 10.3 Å². The molecule has 1 N–H and O–H groups in total. The molecule has 172 valence electrons. The van der Waals surface area contributed by atoms with Crippen molar-refractivity contribution < 1.29 is 4.42 Å². The Morgan fingerprint density at radius 2 is 1.76 bits per heavy atom. The van der Waals surface area contributed by atoms with E-state index >= 15 is 0 Å². The van der Waals surface area contributed by atoms with E-state index in [2.05, 4.69) is 44.4 Å². The van der Waals surface area contributed by atoms with E-state index in [9.17, 15) is 0 Å². The van der Waals surface area contributed by atoms with Crippen LogP contribution in [0.5, 0.6) is 0 Å². The molecule has 34 heavy (non-hydrogen) atoms. The highest BCUT2D eigenvalue weighted by Crippen LogP contribution is 2.44. The Bertz CT molecular complexity index is 1320. The monoisotopic (exact) mass is 508 g/mol. The fraction of sp³-hybridized carbons (Fsp3) is 0.154. The zero-order valence-electron chi connectivity index (χ0n) is 18.6. The van der Waals surface area contributed by atoms with Crippen LogP contribution in [0.3, 0.4) is 0 Å². The fourth-order valence-corrected chi connectivity index (χ4v) is 4.92. The van der Waals surface area contributed by atoms with Crippen molar-refractivity contribution in [1.29, 1.82) is 0 Å². The van der Waals surface area contributed by atoms with Gasteiger partial charge in [-0.05, 0) is 72.9 Å². The number of rotatable bonds is 5. The highest BCUT2D eigenvalue weighted by atomic mass is 35.5. The van der Waals surface area contributed by atoms with Crippen LogP contribution in [0.25, 0.3) is 11.3 Å². The van der Waals surface area contributed by atoms with Gasteiger partial charge >= 0.3 is 0 Å². The van der Waals surface area contributed by atoms with E-state index < -0.39 is 0 Å². The van der Waals surface area contributed by atoms with Crippen molar-refractivity contribution in [2.75, 3.05) is 23.9 Å². The van der Waals surface area contributed by atoms with Crippen molar-refractivity contribution in [3.8, 4) is 11.3 Å². The molecule has 1 aliphatic heterocycles. The molecule has 2 aromatic heterocycles. The number of pyridine rings is 1. The molecule has 0 amide bonds. The maximum atomic E-state index is 6.46.